The molecule has 1 aromatic rings. The van der Waals surface area contributed by atoms with Gasteiger partial charge in [0.25, 0.3) is 5.91 Å². The van der Waals surface area contributed by atoms with E-state index in [0.717, 1.165) is 5.56 Å². The molecule has 1 heterocycles. The molecule has 0 saturated heterocycles. The monoisotopic (exact) mass is 329 g/mol. The van der Waals surface area contributed by atoms with Crippen LogP contribution in [0.25, 0.3) is 0 Å². The maximum Gasteiger partial charge on any atom is 0.326 e. The first kappa shape index (κ1) is 16.0. The Morgan fingerprint density at radius 2 is 2.33 bits per heavy atom. The average Bonchev–Trinajstić information content (AvgIpc) is 2.85. The minimum absolute atomic E-state index is 0.383. The third-order valence-corrected chi connectivity index (χ3v) is 4.09. The zero-order valence-electron chi connectivity index (χ0n) is 11.5. The summed E-state index contributed by atoms with van der Waals surface area (Å²) in [4.78, 5) is 23.3. The smallest absolute Gasteiger partial charge is 0.326 e. The van der Waals surface area contributed by atoms with E-state index in [4.69, 9.17) is 21.4 Å². The molecule has 7 heteroatoms. The van der Waals surface area contributed by atoms with Crippen LogP contribution in [0.1, 0.15) is 12.0 Å². The van der Waals surface area contributed by atoms with Crippen LogP contribution in [0.5, 0.6) is 5.75 Å². The quantitative estimate of drug-likeness (QED) is 0.834. The maximum atomic E-state index is 12.1. The van der Waals surface area contributed by atoms with Crippen molar-refractivity contribution in [3.05, 3.63) is 28.8 Å². The van der Waals surface area contributed by atoms with Crippen molar-refractivity contribution in [2.75, 3.05) is 12.0 Å². The fourth-order valence-corrected chi connectivity index (χ4v) is 2.79. The topological polar surface area (TPSA) is 75.6 Å². The van der Waals surface area contributed by atoms with E-state index in [2.05, 4.69) is 5.32 Å². The number of carboxylic acids is 1. The highest BCUT2D eigenvalue weighted by atomic mass is 35.5. The van der Waals surface area contributed by atoms with E-state index in [9.17, 15) is 9.59 Å². The van der Waals surface area contributed by atoms with Crippen molar-refractivity contribution in [3.63, 3.8) is 0 Å². The van der Waals surface area contributed by atoms with Crippen molar-refractivity contribution in [1.29, 1.82) is 0 Å². The Kier molecular flexibility index (Phi) is 5.36. The predicted molar refractivity (Wildman–Crippen MR) is 82.1 cm³/mol. The first-order chi connectivity index (χ1) is 10.0. The van der Waals surface area contributed by atoms with Crippen LogP contribution >= 0.6 is 23.4 Å². The van der Waals surface area contributed by atoms with Crippen molar-refractivity contribution >= 4 is 35.2 Å². The van der Waals surface area contributed by atoms with Crippen LogP contribution in [0.15, 0.2) is 18.2 Å². The van der Waals surface area contributed by atoms with Gasteiger partial charge in [-0.05, 0) is 42.2 Å². The number of thioether (sulfide) groups is 1. The van der Waals surface area contributed by atoms with Crippen molar-refractivity contribution in [2.24, 2.45) is 0 Å². The molecule has 0 spiro atoms. The maximum absolute atomic E-state index is 12.1. The number of carbonyl (C=O) groups is 2. The molecule has 1 aliphatic heterocycles. The van der Waals surface area contributed by atoms with Gasteiger partial charge in [-0.3, -0.25) is 4.79 Å². The van der Waals surface area contributed by atoms with Gasteiger partial charge in [0.2, 0.25) is 0 Å². The number of hydrogen-bond acceptors (Lipinski definition) is 4. The van der Waals surface area contributed by atoms with E-state index in [1.165, 1.54) is 11.8 Å². The lowest BCUT2D eigenvalue weighted by atomic mass is 10.1. The second-order valence-electron chi connectivity index (χ2n) is 4.74. The van der Waals surface area contributed by atoms with Crippen LogP contribution in [0, 0.1) is 0 Å². The highest BCUT2D eigenvalue weighted by molar-refractivity contribution is 7.98. The van der Waals surface area contributed by atoms with Gasteiger partial charge in [-0.25, -0.2) is 4.79 Å². The lowest BCUT2D eigenvalue weighted by molar-refractivity contribution is -0.142. The third-order valence-electron chi connectivity index (χ3n) is 3.21. The number of fused-ring (bicyclic) bond motifs is 1. The fraction of sp³-hybridized carbons (Fsp3) is 0.429. The van der Waals surface area contributed by atoms with Gasteiger partial charge in [0.15, 0.2) is 6.10 Å². The Morgan fingerprint density at radius 1 is 1.57 bits per heavy atom. The summed E-state index contributed by atoms with van der Waals surface area (Å²) >= 11 is 7.44. The summed E-state index contributed by atoms with van der Waals surface area (Å²) in [7, 11) is 0. The standard InChI is InChI=1S/C14H16ClNO4S/c1-21-5-4-10(14(18)19)16-13(17)12-7-8-6-9(15)2-3-11(8)20-12/h2-3,6,10,12H,4-5,7H2,1H3,(H,16,17)(H,18,19)/t10-,12?/m0/s1. The Morgan fingerprint density at radius 3 is 3.00 bits per heavy atom. The highest BCUT2D eigenvalue weighted by Crippen LogP contribution is 2.31. The van der Waals surface area contributed by atoms with Crippen molar-refractivity contribution < 1.29 is 19.4 Å². The molecule has 0 radical (unpaired) electrons. The number of benzene rings is 1. The van der Waals surface area contributed by atoms with E-state index in [1.54, 1.807) is 18.2 Å². The Balaban J connectivity index is 1.97. The van der Waals surface area contributed by atoms with Crippen LogP contribution < -0.4 is 10.1 Å². The van der Waals surface area contributed by atoms with Crippen LogP contribution in [-0.2, 0) is 16.0 Å². The molecule has 1 aliphatic rings. The van der Waals surface area contributed by atoms with Gasteiger partial charge in [-0.1, -0.05) is 11.6 Å². The normalized spacial score (nSPS) is 17.7. The van der Waals surface area contributed by atoms with E-state index in [1.807, 2.05) is 6.26 Å². The van der Waals surface area contributed by atoms with E-state index < -0.39 is 24.0 Å². The van der Waals surface area contributed by atoms with Crippen molar-refractivity contribution in [1.82, 2.24) is 5.32 Å². The third kappa shape index (κ3) is 4.04. The fourth-order valence-electron chi connectivity index (χ4n) is 2.12. The SMILES string of the molecule is CSCC[C@H](NC(=O)C1Cc2cc(Cl)ccc2O1)C(=O)O. The number of nitrogens with one attached hydrogen (secondary N) is 1. The average molecular weight is 330 g/mol. The second-order valence-corrected chi connectivity index (χ2v) is 6.17. The highest BCUT2D eigenvalue weighted by Gasteiger charge is 2.31. The Labute approximate surface area is 132 Å². The molecule has 2 N–H and O–H groups in total. The molecule has 0 aromatic heterocycles. The lowest BCUT2D eigenvalue weighted by Crippen LogP contribution is -2.47. The zero-order chi connectivity index (χ0) is 15.4. The van der Waals surface area contributed by atoms with E-state index in [-0.39, 0.29) is 0 Å². The molecular weight excluding hydrogens is 314 g/mol. The minimum atomic E-state index is -1.03. The number of amides is 1. The van der Waals surface area contributed by atoms with Crippen LogP contribution in [0.2, 0.25) is 5.02 Å². The van der Waals surface area contributed by atoms with Gasteiger partial charge in [-0.15, -0.1) is 0 Å². The largest absolute Gasteiger partial charge is 0.480 e. The number of rotatable bonds is 6. The molecule has 1 aromatic carbocycles. The predicted octanol–water partition coefficient (Wildman–Crippen LogP) is 1.97. The Hall–Kier alpha value is -1.40. The number of aliphatic carboxylic acids is 1. The molecule has 114 valence electrons. The first-order valence-corrected chi connectivity index (χ1v) is 8.25. The minimum Gasteiger partial charge on any atom is -0.480 e. The number of carbonyl (C=O) groups excluding carboxylic acids is 1. The van der Waals surface area contributed by atoms with Gasteiger partial charge >= 0.3 is 5.97 Å². The molecule has 0 aliphatic carbocycles. The van der Waals surface area contributed by atoms with Gasteiger partial charge in [0.1, 0.15) is 11.8 Å². The summed E-state index contributed by atoms with van der Waals surface area (Å²) in [6.07, 6.45) is 1.97. The molecule has 0 saturated carbocycles. The van der Waals surface area contributed by atoms with Crippen molar-refractivity contribution in [3.8, 4) is 5.75 Å². The van der Waals surface area contributed by atoms with E-state index in [0.29, 0.717) is 29.4 Å². The molecule has 5 nitrogen and oxygen atoms in total. The molecule has 1 amide bonds. The number of ether oxygens (including phenoxy) is 1. The number of carboxylic acid groups (broad SMARTS) is 1. The summed E-state index contributed by atoms with van der Waals surface area (Å²) in [5, 5.41) is 12.2. The summed E-state index contributed by atoms with van der Waals surface area (Å²) in [5.74, 6) is -0.152. The zero-order valence-corrected chi connectivity index (χ0v) is 13.0. The van der Waals surface area contributed by atoms with Crippen LogP contribution in [0.3, 0.4) is 0 Å². The van der Waals surface area contributed by atoms with Crippen LogP contribution in [0.4, 0.5) is 0 Å². The Bertz CT molecular complexity index is 552. The summed E-state index contributed by atoms with van der Waals surface area (Å²) in [5.41, 5.74) is 0.860. The second kappa shape index (κ2) is 7.04. The summed E-state index contributed by atoms with van der Waals surface area (Å²) < 4.78 is 5.54. The lowest BCUT2D eigenvalue weighted by Gasteiger charge is -2.17. The summed E-state index contributed by atoms with van der Waals surface area (Å²) in [6, 6.07) is 4.28. The first-order valence-electron chi connectivity index (χ1n) is 6.48. The van der Waals surface area contributed by atoms with Gasteiger partial charge in [-0.2, -0.15) is 11.8 Å². The van der Waals surface area contributed by atoms with Gasteiger partial charge in [0.05, 0.1) is 0 Å². The van der Waals surface area contributed by atoms with Crippen LogP contribution in [-0.4, -0.2) is 41.1 Å². The molecule has 1 unspecified atom stereocenters. The molecule has 2 atom stereocenters. The van der Waals surface area contributed by atoms with Gasteiger partial charge < -0.3 is 15.2 Å². The number of hydrogen-bond donors (Lipinski definition) is 2. The molecule has 0 bridgehead atoms. The van der Waals surface area contributed by atoms with Crippen molar-refractivity contribution in [2.45, 2.75) is 25.0 Å². The molecule has 0 fully saturated rings. The number of halogens is 1. The molecule has 21 heavy (non-hydrogen) atoms. The van der Waals surface area contributed by atoms with Gasteiger partial charge in [0, 0.05) is 11.4 Å². The molecule has 2 rings (SSSR count). The van der Waals surface area contributed by atoms with E-state index >= 15 is 0 Å². The molecular formula is C14H16ClNO4S. The summed E-state index contributed by atoms with van der Waals surface area (Å²) in [6.45, 7) is 0.